The molecule has 1 rings (SSSR count). The SMILES string of the molecule is CCC(CC)(NS(=O)(=O)N1CCCC(C)C1)C(=O)O. The van der Waals surface area contributed by atoms with Gasteiger partial charge in [-0.05, 0) is 31.6 Å². The summed E-state index contributed by atoms with van der Waals surface area (Å²) >= 11 is 0. The number of piperidine rings is 1. The molecule has 1 aliphatic rings. The van der Waals surface area contributed by atoms with Crippen LogP contribution in [0, 0.1) is 5.92 Å². The predicted octanol–water partition coefficient (Wildman–Crippen LogP) is 1.20. The molecule has 2 N–H and O–H groups in total. The lowest BCUT2D eigenvalue weighted by molar-refractivity contribution is -0.144. The molecular formula is C12H24N2O4S. The second kappa shape index (κ2) is 6.19. The average molecular weight is 292 g/mol. The molecule has 7 heteroatoms. The van der Waals surface area contributed by atoms with Gasteiger partial charge in [0.25, 0.3) is 10.2 Å². The van der Waals surface area contributed by atoms with E-state index < -0.39 is 21.7 Å². The van der Waals surface area contributed by atoms with Gasteiger partial charge in [-0.25, -0.2) is 0 Å². The van der Waals surface area contributed by atoms with Crippen molar-refractivity contribution in [3.63, 3.8) is 0 Å². The fourth-order valence-electron chi connectivity index (χ4n) is 2.42. The summed E-state index contributed by atoms with van der Waals surface area (Å²) in [5.41, 5.74) is -1.40. The third kappa shape index (κ3) is 3.67. The highest BCUT2D eigenvalue weighted by Crippen LogP contribution is 2.22. The minimum Gasteiger partial charge on any atom is -0.480 e. The fraction of sp³-hybridized carbons (Fsp3) is 0.917. The number of rotatable bonds is 6. The Kier molecular flexibility index (Phi) is 5.34. The summed E-state index contributed by atoms with van der Waals surface area (Å²) in [6.45, 7) is 6.28. The van der Waals surface area contributed by atoms with E-state index in [0.717, 1.165) is 12.8 Å². The Labute approximate surface area is 115 Å². The predicted molar refractivity (Wildman–Crippen MR) is 73.0 cm³/mol. The number of aliphatic carboxylic acids is 1. The molecule has 1 fully saturated rings. The highest BCUT2D eigenvalue weighted by molar-refractivity contribution is 7.87. The zero-order valence-electron chi connectivity index (χ0n) is 11.8. The van der Waals surface area contributed by atoms with E-state index in [1.54, 1.807) is 13.8 Å². The molecule has 0 aromatic heterocycles. The molecule has 0 aromatic carbocycles. The van der Waals surface area contributed by atoms with Gasteiger partial charge in [0.2, 0.25) is 0 Å². The van der Waals surface area contributed by atoms with E-state index in [-0.39, 0.29) is 12.8 Å². The molecule has 0 spiro atoms. The molecule has 0 bridgehead atoms. The molecule has 1 heterocycles. The maximum Gasteiger partial charge on any atom is 0.324 e. The Balaban J connectivity index is 2.91. The highest BCUT2D eigenvalue weighted by Gasteiger charge is 2.41. The van der Waals surface area contributed by atoms with Crippen LogP contribution in [0.15, 0.2) is 0 Å². The Morgan fingerprint density at radius 3 is 2.42 bits per heavy atom. The quantitative estimate of drug-likeness (QED) is 0.770. The molecule has 0 aliphatic carbocycles. The van der Waals surface area contributed by atoms with E-state index in [1.807, 2.05) is 6.92 Å². The van der Waals surface area contributed by atoms with Crippen LogP contribution in [0.3, 0.4) is 0 Å². The lowest BCUT2D eigenvalue weighted by Crippen LogP contribution is -2.58. The van der Waals surface area contributed by atoms with Crippen molar-refractivity contribution in [2.45, 2.75) is 52.0 Å². The molecule has 1 saturated heterocycles. The topological polar surface area (TPSA) is 86.7 Å². The van der Waals surface area contributed by atoms with Gasteiger partial charge in [0.15, 0.2) is 0 Å². The summed E-state index contributed by atoms with van der Waals surface area (Å²) in [5.74, 6) is -0.807. The third-order valence-electron chi connectivity index (χ3n) is 3.90. The van der Waals surface area contributed by atoms with Crippen molar-refractivity contribution in [1.82, 2.24) is 9.03 Å². The van der Waals surface area contributed by atoms with Crippen molar-refractivity contribution < 1.29 is 18.3 Å². The van der Waals surface area contributed by atoms with Gasteiger partial charge in [-0.1, -0.05) is 20.8 Å². The summed E-state index contributed by atoms with van der Waals surface area (Å²) in [5, 5.41) is 9.29. The van der Waals surface area contributed by atoms with Crippen molar-refractivity contribution in [2.24, 2.45) is 5.92 Å². The van der Waals surface area contributed by atoms with Crippen LogP contribution in [0.1, 0.15) is 46.5 Å². The first kappa shape index (κ1) is 16.4. The molecule has 0 radical (unpaired) electrons. The number of nitrogens with one attached hydrogen (secondary N) is 1. The molecule has 0 saturated carbocycles. The van der Waals surface area contributed by atoms with E-state index in [9.17, 15) is 18.3 Å². The van der Waals surface area contributed by atoms with Crippen LogP contribution in [0.2, 0.25) is 0 Å². The Morgan fingerprint density at radius 2 is 2.00 bits per heavy atom. The Bertz CT molecular complexity index is 417. The van der Waals surface area contributed by atoms with E-state index >= 15 is 0 Å². The fourth-order valence-corrected chi connectivity index (χ4v) is 4.24. The second-order valence-electron chi connectivity index (χ2n) is 5.31. The lowest BCUT2D eigenvalue weighted by atomic mass is 9.95. The second-order valence-corrected chi connectivity index (χ2v) is 6.98. The van der Waals surface area contributed by atoms with E-state index in [1.165, 1.54) is 4.31 Å². The summed E-state index contributed by atoms with van der Waals surface area (Å²) in [6, 6.07) is 0. The van der Waals surface area contributed by atoms with Gasteiger partial charge in [0.05, 0.1) is 0 Å². The summed E-state index contributed by atoms with van der Waals surface area (Å²) in [4.78, 5) is 11.4. The van der Waals surface area contributed by atoms with Crippen LogP contribution in [0.4, 0.5) is 0 Å². The van der Waals surface area contributed by atoms with Crippen molar-refractivity contribution in [1.29, 1.82) is 0 Å². The van der Waals surface area contributed by atoms with Crippen LogP contribution < -0.4 is 4.72 Å². The monoisotopic (exact) mass is 292 g/mol. The van der Waals surface area contributed by atoms with Crippen molar-refractivity contribution in [2.75, 3.05) is 13.1 Å². The van der Waals surface area contributed by atoms with Crippen LogP contribution in [0.5, 0.6) is 0 Å². The van der Waals surface area contributed by atoms with E-state index in [4.69, 9.17) is 0 Å². The van der Waals surface area contributed by atoms with Gasteiger partial charge in [0, 0.05) is 13.1 Å². The van der Waals surface area contributed by atoms with Crippen LogP contribution in [-0.4, -0.2) is 42.4 Å². The molecule has 0 amide bonds. The number of carbonyl (C=O) groups is 1. The number of hydrogen-bond donors (Lipinski definition) is 2. The molecule has 1 unspecified atom stereocenters. The molecule has 1 atom stereocenters. The smallest absolute Gasteiger partial charge is 0.324 e. The molecule has 1 aliphatic heterocycles. The number of hydrogen-bond acceptors (Lipinski definition) is 3. The number of nitrogens with zero attached hydrogens (tertiary/aromatic N) is 1. The van der Waals surface area contributed by atoms with Gasteiger partial charge >= 0.3 is 5.97 Å². The summed E-state index contributed by atoms with van der Waals surface area (Å²) in [6.07, 6.45) is 2.28. The van der Waals surface area contributed by atoms with Crippen molar-refractivity contribution >= 4 is 16.2 Å². The Morgan fingerprint density at radius 1 is 1.42 bits per heavy atom. The van der Waals surface area contributed by atoms with Crippen LogP contribution >= 0.6 is 0 Å². The minimum absolute atomic E-state index is 0.224. The highest BCUT2D eigenvalue weighted by atomic mass is 32.2. The standard InChI is InChI=1S/C12H24N2O4S/c1-4-12(5-2,11(15)16)13-19(17,18)14-8-6-7-10(3)9-14/h10,13H,4-9H2,1-3H3,(H,15,16). The average Bonchev–Trinajstić information content (AvgIpc) is 2.35. The zero-order valence-corrected chi connectivity index (χ0v) is 12.7. The maximum atomic E-state index is 12.3. The maximum absolute atomic E-state index is 12.3. The number of carboxylic acid groups (broad SMARTS) is 1. The first-order valence-electron chi connectivity index (χ1n) is 6.80. The Hall–Kier alpha value is -0.660. The van der Waals surface area contributed by atoms with E-state index in [0.29, 0.717) is 19.0 Å². The van der Waals surface area contributed by atoms with Crippen LogP contribution in [0.25, 0.3) is 0 Å². The van der Waals surface area contributed by atoms with Gasteiger partial charge in [-0.3, -0.25) is 4.79 Å². The first-order chi connectivity index (χ1) is 8.77. The molecule has 19 heavy (non-hydrogen) atoms. The van der Waals surface area contributed by atoms with Crippen molar-refractivity contribution in [3.05, 3.63) is 0 Å². The largest absolute Gasteiger partial charge is 0.480 e. The summed E-state index contributed by atoms with van der Waals surface area (Å²) in [7, 11) is -3.74. The molecular weight excluding hydrogens is 268 g/mol. The van der Waals surface area contributed by atoms with Gasteiger partial charge in [0.1, 0.15) is 5.54 Å². The first-order valence-corrected chi connectivity index (χ1v) is 8.24. The number of carboxylic acids is 1. The molecule has 112 valence electrons. The minimum atomic E-state index is -3.74. The van der Waals surface area contributed by atoms with Crippen LogP contribution in [-0.2, 0) is 15.0 Å². The van der Waals surface area contributed by atoms with Gasteiger partial charge in [-0.2, -0.15) is 17.4 Å². The third-order valence-corrected chi connectivity index (χ3v) is 5.56. The molecule has 6 nitrogen and oxygen atoms in total. The lowest BCUT2D eigenvalue weighted by Gasteiger charge is -2.34. The zero-order chi connectivity index (χ0) is 14.7. The normalized spacial score (nSPS) is 22.4. The van der Waals surface area contributed by atoms with Gasteiger partial charge < -0.3 is 5.11 Å². The summed E-state index contributed by atoms with van der Waals surface area (Å²) < 4.78 is 28.4. The molecule has 0 aromatic rings. The van der Waals surface area contributed by atoms with E-state index in [2.05, 4.69) is 4.72 Å². The van der Waals surface area contributed by atoms with Gasteiger partial charge in [-0.15, -0.1) is 0 Å². The van der Waals surface area contributed by atoms with Crippen molar-refractivity contribution in [3.8, 4) is 0 Å².